The number of aliphatic carboxylic acids is 1. The van der Waals surface area contributed by atoms with Crippen molar-refractivity contribution in [3.05, 3.63) is 0 Å². The Kier molecular flexibility index (Phi) is 13.8. The zero-order valence-corrected chi connectivity index (χ0v) is 14.3. The van der Waals surface area contributed by atoms with E-state index in [4.69, 9.17) is 15.9 Å². The first-order valence-corrected chi connectivity index (χ1v) is 9.09. The zero-order valence-electron chi connectivity index (χ0n) is 13.5. The van der Waals surface area contributed by atoms with Crippen molar-refractivity contribution in [3.63, 3.8) is 0 Å². The van der Waals surface area contributed by atoms with Crippen molar-refractivity contribution in [2.45, 2.75) is 51.0 Å². The minimum absolute atomic E-state index is 0.0811. The minimum Gasteiger partial charge on any atom is -0.481 e. The predicted molar refractivity (Wildman–Crippen MR) is 90.4 cm³/mol. The van der Waals surface area contributed by atoms with Gasteiger partial charge in [-0.25, -0.2) is 0 Å². The second-order valence-corrected chi connectivity index (χ2v) is 6.38. The summed E-state index contributed by atoms with van der Waals surface area (Å²) in [6, 6.07) is -0.650. The van der Waals surface area contributed by atoms with Crippen LogP contribution in [0.15, 0.2) is 0 Å². The van der Waals surface area contributed by atoms with E-state index in [1.807, 2.05) is 0 Å². The summed E-state index contributed by atoms with van der Waals surface area (Å²) >= 11 is 1.55. The first kappa shape index (κ1) is 21.9. The van der Waals surface area contributed by atoms with Crippen molar-refractivity contribution < 1.29 is 24.6 Å². The number of nitrogens with one attached hydrogen (secondary N) is 1. The first-order chi connectivity index (χ1) is 11.0. The molecule has 0 fully saturated rings. The van der Waals surface area contributed by atoms with Crippen LogP contribution in [-0.2, 0) is 14.4 Å². The molecule has 0 heterocycles. The number of thioether (sulfide) groups is 1. The SMILES string of the molecule is NCCCC(=O)N[C@@H](CSCCCCCO)C(=O)CCC(=O)O. The van der Waals surface area contributed by atoms with Crippen LogP contribution in [0.3, 0.4) is 0 Å². The van der Waals surface area contributed by atoms with Crippen molar-refractivity contribution in [2.75, 3.05) is 24.7 Å². The standard InChI is InChI=1S/C15H28N2O5S/c16-8-4-5-14(20)17-12(13(19)6-7-15(21)22)11-23-10-3-1-2-9-18/h12,18H,1-11,16H2,(H,17,20)(H,21,22)/t12-/m0/s1. The van der Waals surface area contributed by atoms with Crippen LogP contribution in [0.25, 0.3) is 0 Å². The van der Waals surface area contributed by atoms with E-state index < -0.39 is 12.0 Å². The van der Waals surface area contributed by atoms with Crippen molar-refractivity contribution >= 4 is 29.4 Å². The van der Waals surface area contributed by atoms with E-state index in [1.165, 1.54) is 0 Å². The second kappa shape index (κ2) is 14.5. The van der Waals surface area contributed by atoms with E-state index in [0.29, 0.717) is 18.7 Å². The van der Waals surface area contributed by atoms with Crippen LogP contribution >= 0.6 is 11.8 Å². The highest BCUT2D eigenvalue weighted by atomic mass is 32.2. The lowest BCUT2D eigenvalue weighted by Gasteiger charge is -2.17. The van der Waals surface area contributed by atoms with Crippen LogP contribution in [0.5, 0.6) is 0 Å². The number of nitrogens with two attached hydrogens (primary N) is 1. The van der Waals surface area contributed by atoms with E-state index in [9.17, 15) is 14.4 Å². The second-order valence-electron chi connectivity index (χ2n) is 5.23. The summed E-state index contributed by atoms with van der Waals surface area (Å²) in [6.45, 7) is 0.586. The van der Waals surface area contributed by atoms with Gasteiger partial charge in [-0.2, -0.15) is 11.8 Å². The lowest BCUT2D eigenvalue weighted by Crippen LogP contribution is -2.43. The quantitative estimate of drug-likeness (QED) is 0.318. The molecule has 1 atom stereocenters. The molecule has 23 heavy (non-hydrogen) atoms. The summed E-state index contributed by atoms with van der Waals surface area (Å²) in [7, 11) is 0. The average molecular weight is 348 g/mol. The molecule has 134 valence electrons. The number of carboxylic acid groups (broad SMARTS) is 1. The molecule has 0 aliphatic carbocycles. The topological polar surface area (TPSA) is 130 Å². The molecule has 0 radical (unpaired) electrons. The fourth-order valence-electron chi connectivity index (χ4n) is 1.84. The third kappa shape index (κ3) is 13.1. The summed E-state index contributed by atoms with van der Waals surface area (Å²) in [5.74, 6) is -0.238. The maximum Gasteiger partial charge on any atom is 0.303 e. The summed E-state index contributed by atoms with van der Waals surface area (Å²) in [4.78, 5) is 34.4. The fraction of sp³-hybridized carbons (Fsp3) is 0.800. The van der Waals surface area contributed by atoms with E-state index in [-0.39, 0.29) is 37.6 Å². The van der Waals surface area contributed by atoms with Gasteiger partial charge in [0.15, 0.2) is 5.78 Å². The Morgan fingerprint density at radius 2 is 1.78 bits per heavy atom. The molecule has 0 aliphatic rings. The Morgan fingerprint density at radius 3 is 2.39 bits per heavy atom. The number of hydrogen-bond donors (Lipinski definition) is 4. The smallest absolute Gasteiger partial charge is 0.303 e. The molecule has 7 nitrogen and oxygen atoms in total. The molecule has 0 aliphatic heterocycles. The predicted octanol–water partition coefficient (Wildman–Crippen LogP) is 0.540. The largest absolute Gasteiger partial charge is 0.481 e. The van der Waals surface area contributed by atoms with Gasteiger partial charge in [0, 0.05) is 25.2 Å². The van der Waals surface area contributed by atoms with Crippen LogP contribution in [0.2, 0.25) is 0 Å². The normalized spacial score (nSPS) is 11.9. The molecule has 5 N–H and O–H groups in total. The molecule has 0 aromatic rings. The molecular formula is C15H28N2O5S. The fourth-order valence-corrected chi connectivity index (χ4v) is 2.92. The van der Waals surface area contributed by atoms with Gasteiger partial charge in [0.2, 0.25) is 5.91 Å². The highest BCUT2D eigenvalue weighted by molar-refractivity contribution is 7.99. The highest BCUT2D eigenvalue weighted by Gasteiger charge is 2.21. The van der Waals surface area contributed by atoms with Gasteiger partial charge in [0.1, 0.15) is 0 Å². The lowest BCUT2D eigenvalue weighted by molar-refractivity contribution is -0.138. The summed E-state index contributed by atoms with van der Waals surface area (Å²) in [5.41, 5.74) is 5.35. The zero-order chi connectivity index (χ0) is 17.5. The molecular weight excluding hydrogens is 320 g/mol. The third-order valence-electron chi connectivity index (χ3n) is 3.15. The van der Waals surface area contributed by atoms with Gasteiger partial charge in [-0.05, 0) is 31.6 Å². The third-order valence-corrected chi connectivity index (χ3v) is 4.29. The van der Waals surface area contributed by atoms with Gasteiger partial charge in [-0.1, -0.05) is 6.42 Å². The number of aliphatic hydroxyl groups is 1. The van der Waals surface area contributed by atoms with Crippen LogP contribution in [-0.4, -0.2) is 58.6 Å². The van der Waals surface area contributed by atoms with Gasteiger partial charge < -0.3 is 21.3 Å². The van der Waals surface area contributed by atoms with Crippen LogP contribution in [0.4, 0.5) is 0 Å². The average Bonchev–Trinajstić information content (AvgIpc) is 2.52. The van der Waals surface area contributed by atoms with Crippen molar-refractivity contribution in [1.29, 1.82) is 0 Å². The van der Waals surface area contributed by atoms with Gasteiger partial charge in [0.25, 0.3) is 0 Å². The van der Waals surface area contributed by atoms with Gasteiger partial charge in [-0.15, -0.1) is 0 Å². The van der Waals surface area contributed by atoms with E-state index >= 15 is 0 Å². The summed E-state index contributed by atoms with van der Waals surface area (Å²) in [5, 5.41) is 20.0. The number of rotatable bonds is 15. The number of aliphatic hydroxyl groups excluding tert-OH is 1. The number of Topliss-reactive ketones (excluding diaryl/α,β-unsaturated/α-hetero) is 1. The number of amides is 1. The molecule has 0 rings (SSSR count). The van der Waals surface area contributed by atoms with Crippen LogP contribution in [0, 0.1) is 0 Å². The Bertz CT molecular complexity index is 366. The number of carbonyl (C=O) groups is 3. The summed E-state index contributed by atoms with van der Waals surface area (Å²) < 4.78 is 0. The maximum absolute atomic E-state index is 12.1. The highest BCUT2D eigenvalue weighted by Crippen LogP contribution is 2.10. The van der Waals surface area contributed by atoms with Gasteiger partial charge >= 0.3 is 5.97 Å². The molecule has 0 bridgehead atoms. The number of ketones is 1. The molecule has 0 aromatic heterocycles. The Balaban J connectivity index is 4.27. The molecule has 0 spiro atoms. The lowest BCUT2D eigenvalue weighted by atomic mass is 10.1. The van der Waals surface area contributed by atoms with Crippen LogP contribution < -0.4 is 11.1 Å². The van der Waals surface area contributed by atoms with E-state index in [1.54, 1.807) is 11.8 Å². The number of hydrogen-bond acceptors (Lipinski definition) is 6. The van der Waals surface area contributed by atoms with Gasteiger partial charge in [0.05, 0.1) is 12.5 Å². The van der Waals surface area contributed by atoms with Crippen LogP contribution in [0.1, 0.15) is 44.9 Å². The van der Waals surface area contributed by atoms with E-state index in [0.717, 1.165) is 25.0 Å². The molecule has 0 saturated carbocycles. The van der Waals surface area contributed by atoms with E-state index in [2.05, 4.69) is 5.32 Å². The molecule has 8 heteroatoms. The van der Waals surface area contributed by atoms with Crippen molar-refractivity contribution in [3.8, 4) is 0 Å². The number of carbonyl (C=O) groups excluding carboxylic acids is 2. The number of unbranched alkanes of at least 4 members (excludes halogenated alkanes) is 2. The molecule has 1 amide bonds. The summed E-state index contributed by atoms with van der Waals surface area (Å²) in [6.07, 6.45) is 3.12. The Hall–Kier alpha value is -1.12. The monoisotopic (exact) mass is 348 g/mol. The molecule has 0 unspecified atom stereocenters. The molecule has 0 saturated heterocycles. The van der Waals surface area contributed by atoms with Gasteiger partial charge in [-0.3, -0.25) is 14.4 Å². The number of carboxylic acids is 1. The Morgan fingerprint density at radius 1 is 1.04 bits per heavy atom. The maximum atomic E-state index is 12.1. The minimum atomic E-state index is -1.02. The first-order valence-electron chi connectivity index (χ1n) is 7.93. The van der Waals surface area contributed by atoms with Crippen molar-refractivity contribution in [2.24, 2.45) is 5.73 Å². The Labute approximate surface area is 141 Å². The van der Waals surface area contributed by atoms with Crippen molar-refractivity contribution in [1.82, 2.24) is 5.32 Å². The molecule has 0 aromatic carbocycles.